The number of carbonyl (C=O) groups is 2. The number of unbranched alkanes of at least 4 members (excludes halogenated alkanes) is 9. The molecular weight excluding hydrogens is 633 g/mol. The van der Waals surface area contributed by atoms with Gasteiger partial charge in [0.15, 0.2) is 0 Å². The second-order valence-electron chi connectivity index (χ2n) is 11.1. The first kappa shape index (κ1) is 34.6. The highest BCUT2D eigenvalue weighted by Gasteiger charge is 2.34. The highest BCUT2D eigenvalue weighted by molar-refractivity contribution is 6.42. The molecule has 0 fully saturated rings. The SMILES string of the molecule is CCCCCCCCCCCCOc1ccc(CN(C(=O)Oc2ccccc2)C2=NN(c3c(Cl)cc(Cl)cc3Cl)C(=O)C2)cc1. The van der Waals surface area contributed by atoms with Gasteiger partial charge < -0.3 is 9.47 Å². The molecular formula is C35H40Cl3N3O4. The highest BCUT2D eigenvalue weighted by atomic mass is 35.5. The zero-order chi connectivity index (χ0) is 32.0. The molecule has 4 rings (SSSR count). The van der Waals surface area contributed by atoms with Crippen molar-refractivity contribution in [2.75, 3.05) is 11.6 Å². The minimum absolute atomic E-state index is 0.117. The van der Waals surface area contributed by atoms with Gasteiger partial charge >= 0.3 is 6.09 Å². The number of ether oxygens (including phenoxy) is 2. The van der Waals surface area contributed by atoms with E-state index in [0.717, 1.165) is 29.2 Å². The van der Waals surface area contributed by atoms with Crippen LogP contribution in [0.5, 0.6) is 11.5 Å². The average Bonchev–Trinajstić information content (AvgIpc) is 3.39. The van der Waals surface area contributed by atoms with Gasteiger partial charge in [0.25, 0.3) is 5.91 Å². The number of hydrogen-bond donors (Lipinski definition) is 0. The van der Waals surface area contributed by atoms with E-state index in [0.29, 0.717) is 17.4 Å². The zero-order valence-corrected chi connectivity index (χ0v) is 27.9. The molecule has 10 heteroatoms. The fourth-order valence-electron chi connectivity index (χ4n) is 5.04. The van der Waals surface area contributed by atoms with Crippen LogP contribution in [0.1, 0.15) is 83.1 Å². The largest absolute Gasteiger partial charge is 0.494 e. The summed E-state index contributed by atoms with van der Waals surface area (Å²) < 4.78 is 11.6. The molecule has 45 heavy (non-hydrogen) atoms. The van der Waals surface area contributed by atoms with Crippen molar-refractivity contribution in [2.45, 2.75) is 84.1 Å². The molecule has 0 N–H and O–H groups in total. The third-order valence-electron chi connectivity index (χ3n) is 7.47. The molecule has 0 radical (unpaired) electrons. The maximum absolute atomic E-state index is 13.4. The second-order valence-corrected chi connectivity index (χ2v) is 12.3. The van der Waals surface area contributed by atoms with Gasteiger partial charge in [-0.3, -0.25) is 9.69 Å². The third kappa shape index (κ3) is 10.7. The molecule has 240 valence electrons. The summed E-state index contributed by atoms with van der Waals surface area (Å²) in [6, 6.07) is 19.2. The first-order valence-electron chi connectivity index (χ1n) is 15.7. The van der Waals surface area contributed by atoms with Gasteiger partial charge in [-0.2, -0.15) is 10.1 Å². The van der Waals surface area contributed by atoms with Crippen LogP contribution in [-0.2, 0) is 11.3 Å². The lowest BCUT2D eigenvalue weighted by Crippen LogP contribution is -2.38. The van der Waals surface area contributed by atoms with Crippen LogP contribution in [0.4, 0.5) is 10.5 Å². The van der Waals surface area contributed by atoms with Crippen molar-refractivity contribution in [1.82, 2.24) is 4.90 Å². The van der Waals surface area contributed by atoms with Crippen LogP contribution in [0.25, 0.3) is 0 Å². The molecule has 0 spiro atoms. The van der Waals surface area contributed by atoms with Crippen molar-refractivity contribution in [3.05, 3.63) is 87.4 Å². The van der Waals surface area contributed by atoms with Crippen LogP contribution in [0.3, 0.4) is 0 Å². The van der Waals surface area contributed by atoms with Crippen molar-refractivity contribution < 1.29 is 19.1 Å². The first-order valence-corrected chi connectivity index (χ1v) is 16.8. The van der Waals surface area contributed by atoms with E-state index in [1.54, 1.807) is 24.3 Å². The van der Waals surface area contributed by atoms with Crippen LogP contribution >= 0.6 is 34.8 Å². The molecule has 0 aromatic heterocycles. The maximum Gasteiger partial charge on any atom is 0.421 e. The smallest absolute Gasteiger partial charge is 0.421 e. The molecule has 0 saturated carbocycles. The van der Waals surface area contributed by atoms with Crippen LogP contribution in [0.15, 0.2) is 71.8 Å². The van der Waals surface area contributed by atoms with Gasteiger partial charge in [-0.15, -0.1) is 0 Å². The van der Waals surface area contributed by atoms with Crippen LogP contribution in [0.2, 0.25) is 15.1 Å². The number of benzene rings is 3. The molecule has 3 aromatic carbocycles. The molecule has 0 saturated heterocycles. The molecule has 1 heterocycles. The lowest BCUT2D eigenvalue weighted by molar-refractivity contribution is -0.116. The molecule has 0 bridgehead atoms. The fourth-order valence-corrected chi connectivity index (χ4v) is 6.01. The summed E-state index contributed by atoms with van der Waals surface area (Å²) in [4.78, 5) is 27.8. The molecule has 7 nitrogen and oxygen atoms in total. The van der Waals surface area contributed by atoms with Gasteiger partial charge in [0.05, 0.1) is 29.6 Å². The van der Waals surface area contributed by atoms with E-state index < -0.39 is 12.0 Å². The molecule has 0 unspecified atom stereocenters. The number of carbonyl (C=O) groups excluding carboxylic acids is 2. The van der Waals surface area contributed by atoms with Crippen LogP contribution < -0.4 is 14.5 Å². The molecule has 1 aliphatic heterocycles. The lowest BCUT2D eigenvalue weighted by atomic mass is 10.1. The van der Waals surface area contributed by atoms with E-state index in [1.807, 2.05) is 30.3 Å². The summed E-state index contributed by atoms with van der Waals surface area (Å²) in [5.74, 6) is 0.933. The Morgan fingerprint density at radius 1 is 0.822 bits per heavy atom. The molecule has 2 amide bonds. The number of nitrogens with zero attached hydrogens (tertiary/aromatic N) is 3. The average molecular weight is 673 g/mol. The van der Waals surface area contributed by atoms with Crippen molar-refractivity contribution in [3.8, 4) is 11.5 Å². The minimum atomic E-state index is -0.677. The quantitative estimate of drug-likeness (QED) is 0.142. The molecule has 1 aliphatic rings. The van der Waals surface area contributed by atoms with E-state index in [-0.39, 0.29) is 34.5 Å². The lowest BCUT2D eigenvalue weighted by Gasteiger charge is -2.21. The van der Waals surface area contributed by atoms with Crippen molar-refractivity contribution >= 4 is 58.3 Å². The fraction of sp³-hybridized carbons (Fsp3) is 0.400. The number of anilines is 1. The number of para-hydroxylation sites is 1. The first-order chi connectivity index (χ1) is 21.9. The highest BCUT2D eigenvalue weighted by Crippen LogP contribution is 2.38. The van der Waals surface area contributed by atoms with E-state index in [2.05, 4.69) is 12.0 Å². The number of rotatable bonds is 16. The van der Waals surface area contributed by atoms with E-state index >= 15 is 0 Å². The summed E-state index contributed by atoms with van der Waals surface area (Å²) in [5.41, 5.74) is 1.01. The Kier molecular flexibility index (Phi) is 13.9. The van der Waals surface area contributed by atoms with Gasteiger partial charge in [0, 0.05) is 5.02 Å². The predicted molar refractivity (Wildman–Crippen MR) is 183 cm³/mol. The molecule has 0 aliphatic carbocycles. The van der Waals surface area contributed by atoms with Gasteiger partial charge in [-0.05, 0) is 48.4 Å². The summed E-state index contributed by atoms with van der Waals surface area (Å²) >= 11 is 18.8. The van der Waals surface area contributed by atoms with E-state index in [1.165, 1.54) is 68.4 Å². The monoisotopic (exact) mass is 671 g/mol. The van der Waals surface area contributed by atoms with Crippen molar-refractivity contribution in [2.24, 2.45) is 5.10 Å². The molecule has 0 atom stereocenters. The van der Waals surface area contributed by atoms with Gasteiger partial charge in [-0.25, -0.2) is 4.79 Å². The number of amidine groups is 1. The van der Waals surface area contributed by atoms with Crippen LogP contribution in [0, 0.1) is 0 Å². The summed E-state index contributed by atoms with van der Waals surface area (Å²) in [6.07, 6.45) is 11.9. The van der Waals surface area contributed by atoms with E-state index in [4.69, 9.17) is 44.3 Å². The van der Waals surface area contributed by atoms with Crippen LogP contribution in [-0.4, -0.2) is 29.3 Å². The maximum atomic E-state index is 13.4. The topological polar surface area (TPSA) is 71.4 Å². The Labute approximate surface area is 281 Å². The Morgan fingerprint density at radius 3 is 2.04 bits per heavy atom. The van der Waals surface area contributed by atoms with Crippen molar-refractivity contribution in [1.29, 1.82) is 0 Å². The van der Waals surface area contributed by atoms with Gasteiger partial charge in [0.1, 0.15) is 23.0 Å². The van der Waals surface area contributed by atoms with E-state index in [9.17, 15) is 9.59 Å². The zero-order valence-electron chi connectivity index (χ0n) is 25.7. The van der Waals surface area contributed by atoms with Crippen molar-refractivity contribution in [3.63, 3.8) is 0 Å². The van der Waals surface area contributed by atoms with Gasteiger partial charge in [-0.1, -0.05) is 130 Å². The number of hydrazone groups is 1. The Balaban J connectivity index is 1.37. The summed E-state index contributed by atoms with van der Waals surface area (Å²) in [7, 11) is 0. The summed E-state index contributed by atoms with van der Waals surface area (Å²) in [5, 5.41) is 6.21. The Bertz CT molecular complexity index is 1410. The Morgan fingerprint density at radius 2 is 1.42 bits per heavy atom. The predicted octanol–water partition coefficient (Wildman–Crippen LogP) is 10.7. The number of amides is 2. The standard InChI is InChI=1S/C35H40Cl3N3O4/c1-2-3-4-5-6-7-8-9-10-14-21-44-28-19-17-26(18-20-28)25-40(35(43)45-29-15-12-11-13-16-29)32-24-33(42)41(39-32)34-30(37)22-27(36)23-31(34)38/h11-13,15-20,22-23H,2-10,14,21,24-25H2,1H3. The second kappa shape index (κ2) is 18.0. The third-order valence-corrected chi connectivity index (χ3v) is 8.26. The normalized spacial score (nSPS) is 12.8. The number of halogens is 3. The molecule has 3 aromatic rings. The summed E-state index contributed by atoms with van der Waals surface area (Å²) in [6.45, 7) is 3.03. The Hall–Kier alpha value is -3.26. The minimum Gasteiger partial charge on any atom is -0.494 e. The number of hydrogen-bond acceptors (Lipinski definition) is 5. The van der Waals surface area contributed by atoms with Gasteiger partial charge in [0.2, 0.25) is 0 Å².